The first kappa shape index (κ1) is 12.3. The van der Waals surface area contributed by atoms with Crippen molar-refractivity contribution in [2.24, 2.45) is 0 Å². The molecule has 0 saturated heterocycles. The van der Waals surface area contributed by atoms with Crippen molar-refractivity contribution < 1.29 is 4.79 Å². The summed E-state index contributed by atoms with van der Waals surface area (Å²) in [6, 6.07) is 7.59. The van der Waals surface area contributed by atoms with E-state index in [0.717, 1.165) is 18.4 Å². The molecule has 1 nitrogen and oxygen atoms in total. The van der Waals surface area contributed by atoms with E-state index >= 15 is 0 Å². The Bertz CT molecular complexity index is 320. The highest BCUT2D eigenvalue weighted by Gasteiger charge is 2.06. The minimum atomic E-state index is -0.346. The SMILES string of the molecule is CCCCCCc1ccccc1C(=O)Cl. The Kier molecular flexibility index (Phi) is 5.41. The Hall–Kier alpha value is -0.820. The first-order chi connectivity index (χ1) is 7.25. The molecule has 15 heavy (non-hydrogen) atoms. The van der Waals surface area contributed by atoms with Gasteiger partial charge in [-0.3, -0.25) is 4.79 Å². The van der Waals surface area contributed by atoms with Crippen molar-refractivity contribution in [3.05, 3.63) is 35.4 Å². The average Bonchev–Trinajstić information content (AvgIpc) is 2.25. The van der Waals surface area contributed by atoms with Gasteiger partial charge in [0.2, 0.25) is 0 Å². The molecule has 0 aliphatic carbocycles. The van der Waals surface area contributed by atoms with E-state index in [1.165, 1.54) is 19.3 Å². The number of aryl methyl sites for hydroxylation is 1. The van der Waals surface area contributed by atoms with Crippen molar-refractivity contribution in [1.82, 2.24) is 0 Å². The number of benzene rings is 1. The lowest BCUT2D eigenvalue weighted by atomic mass is 10.0. The summed E-state index contributed by atoms with van der Waals surface area (Å²) in [5.74, 6) is 0. The van der Waals surface area contributed by atoms with Crippen molar-refractivity contribution in [2.45, 2.75) is 39.0 Å². The number of rotatable bonds is 6. The zero-order chi connectivity index (χ0) is 11.1. The average molecular weight is 225 g/mol. The van der Waals surface area contributed by atoms with Crippen molar-refractivity contribution in [3.63, 3.8) is 0 Å². The van der Waals surface area contributed by atoms with E-state index in [2.05, 4.69) is 6.92 Å². The molecule has 0 amide bonds. The zero-order valence-electron chi connectivity index (χ0n) is 9.13. The molecule has 2 heteroatoms. The van der Waals surface area contributed by atoms with Crippen LogP contribution in [0.5, 0.6) is 0 Å². The number of carbonyl (C=O) groups is 1. The number of halogens is 1. The molecule has 0 fully saturated rings. The van der Waals surface area contributed by atoms with Crippen molar-refractivity contribution in [3.8, 4) is 0 Å². The fraction of sp³-hybridized carbons (Fsp3) is 0.462. The Morgan fingerprint density at radius 3 is 2.60 bits per heavy atom. The monoisotopic (exact) mass is 224 g/mol. The fourth-order valence-corrected chi connectivity index (χ4v) is 1.86. The van der Waals surface area contributed by atoms with E-state index in [1.807, 2.05) is 18.2 Å². The Morgan fingerprint density at radius 1 is 1.20 bits per heavy atom. The van der Waals surface area contributed by atoms with Crippen molar-refractivity contribution in [2.75, 3.05) is 0 Å². The molecule has 0 aromatic heterocycles. The summed E-state index contributed by atoms with van der Waals surface area (Å²) in [5, 5.41) is -0.346. The number of carbonyl (C=O) groups excluding carboxylic acids is 1. The van der Waals surface area contributed by atoms with Crippen LogP contribution in [0.25, 0.3) is 0 Å². The lowest BCUT2D eigenvalue weighted by Gasteiger charge is -2.05. The summed E-state index contributed by atoms with van der Waals surface area (Å²) in [4.78, 5) is 11.1. The predicted molar refractivity (Wildman–Crippen MR) is 64.5 cm³/mol. The van der Waals surface area contributed by atoms with Crippen molar-refractivity contribution >= 4 is 16.8 Å². The van der Waals surface area contributed by atoms with Gasteiger partial charge in [0, 0.05) is 5.56 Å². The van der Waals surface area contributed by atoms with Crippen LogP contribution < -0.4 is 0 Å². The standard InChI is InChI=1S/C13H17ClO/c1-2-3-4-5-8-11-9-6-7-10-12(11)13(14)15/h6-7,9-10H,2-5,8H2,1H3. The zero-order valence-corrected chi connectivity index (χ0v) is 9.89. The molecule has 0 N–H and O–H groups in total. The third-order valence-corrected chi connectivity index (χ3v) is 2.73. The molecule has 0 aliphatic heterocycles. The molecule has 0 saturated carbocycles. The summed E-state index contributed by atoms with van der Waals surface area (Å²) in [6.07, 6.45) is 5.80. The minimum absolute atomic E-state index is 0.346. The van der Waals surface area contributed by atoms with Crippen LogP contribution >= 0.6 is 11.6 Å². The predicted octanol–water partition coefficient (Wildman–Crippen LogP) is 4.19. The summed E-state index contributed by atoms with van der Waals surface area (Å²) in [6.45, 7) is 2.19. The van der Waals surface area contributed by atoms with Crippen LogP contribution in [-0.4, -0.2) is 5.24 Å². The van der Waals surface area contributed by atoms with Crippen LogP contribution in [0.15, 0.2) is 24.3 Å². The van der Waals surface area contributed by atoms with Gasteiger partial charge >= 0.3 is 0 Å². The van der Waals surface area contributed by atoms with Crippen LogP contribution in [-0.2, 0) is 6.42 Å². The summed E-state index contributed by atoms with van der Waals surface area (Å²) < 4.78 is 0. The molecule has 0 unspecified atom stereocenters. The maximum Gasteiger partial charge on any atom is 0.252 e. The lowest BCUT2D eigenvalue weighted by molar-refractivity contribution is 0.108. The van der Waals surface area contributed by atoms with E-state index in [-0.39, 0.29) is 5.24 Å². The molecular weight excluding hydrogens is 208 g/mol. The fourth-order valence-electron chi connectivity index (χ4n) is 1.67. The van der Waals surface area contributed by atoms with E-state index in [0.29, 0.717) is 5.56 Å². The minimum Gasteiger partial charge on any atom is -0.276 e. The highest BCUT2D eigenvalue weighted by Crippen LogP contribution is 2.15. The van der Waals surface area contributed by atoms with E-state index in [4.69, 9.17) is 11.6 Å². The maximum atomic E-state index is 11.1. The Balaban J connectivity index is 2.56. The highest BCUT2D eigenvalue weighted by molar-refractivity contribution is 6.67. The smallest absolute Gasteiger partial charge is 0.252 e. The third-order valence-electron chi connectivity index (χ3n) is 2.53. The number of hydrogen-bond donors (Lipinski definition) is 0. The van der Waals surface area contributed by atoms with Gasteiger partial charge in [-0.25, -0.2) is 0 Å². The van der Waals surface area contributed by atoms with Crippen LogP contribution in [0, 0.1) is 0 Å². The number of unbranched alkanes of at least 4 members (excludes halogenated alkanes) is 3. The lowest BCUT2D eigenvalue weighted by Crippen LogP contribution is -1.97. The van der Waals surface area contributed by atoms with E-state index < -0.39 is 0 Å². The van der Waals surface area contributed by atoms with Gasteiger partial charge in [0.05, 0.1) is 0 Å². The molecule has 0 aliphatic rings. The van der Waals surface area contributed by atoms with Crippen LogP contribution in [0.4, 0.5) is 0 Å². The second kappa shape index (κ2) is 6.62. The van der Waals surface area contributed by atoms with Gasteiger partial charge in [0.1, 0.15) is 0 Å². The maximum absolute atomic E-state index is 11.1. The van der Waals surface area contributed by atoms with Gasteiger partial charge < -0.3 is 0 Å². The summed E-state index contributed by atoms with van der Waals surface area (Å²) >= 11 is 5.51. The number of hydrogen-bond acceptors (Lipinski definition) is 1. The molecule has 82 valence electrons. The largest absolute Gasteiger partial charge is 0.276 e. The van der Waals surface area contributed by atoms with Crippen LogP contribution in [0.3, 0.4) is 0 Å². The Labute approximate surface area is 96.5 Å². The summed E-state index contributed by atoms with van der Waals surface area (Å²) in [7, 11) is 0. The molecule has 0 bridgehead atoms. The molecule has 1 aromatic rings. The van der Waals surface area contributed by atoms with E-state index in [1.54, 1.807) is 6.07 Å². The second-order valence-corrected chi connectivity index (χ2v) is 4.08. The molecule has 1 aromatic carbocycles. The third kappa shape index (κ3) is 4.05. The normalized spacial score (nSPS) is 10.3. The van der Waals surface area contributed by atoms with Crippen molar-refractivity contribution in [1.29, 1.82) is 0 Å². The molecule has 0 heterocycles. The quantitative estimate of drug-likeness (QED) is 0.523. The molecule has 1 rings (SSSR count). The first-order valence-corrected chi connectivity index (χ1v) is 5.91. The van der Waals surface area contributed by atoms with Gasteiger partial charge in [-0.1, -0.05) is 44.4 Å². The van der Waals surface area contributed by atoms with Crippen LogP contribution in [0.2, 0.25) is 0 Å². The van der Waals surface area contributed by atoms with Crippen LogP contribution in [0.1, 0.15) is 48.5 Å². The topological polar surface area (TPSA) is 17.1 Å². The second-order valence-electron chi connectivity index (χ2n) is 3.74. The molecular formula is C13H17ClO. The van der Waals surface area contributed by atoms with Gasteiger partial charge in [-0.15, -0.1) is 0 Å². The van der Waals surface area contributed by atoms with Gasteiger partial charge in [-0.05, 0) is 36.1 Å². The van der Waals surface area contributed by atoms with Gasteiger partial charge in [-0.2, -0.15) is 0 Å². The van der Waals surface area contributed by atoms with Gasteiger partial charge in [0.25, 0.3) is 5.24 Å². The van der Waals surface area contributed by atoms with E-state index in [9.17, 15) is 4.79 Å². The molecule has 0 atom stereocenters. The van der Waals surface area contributed by atoms with Gasteiger partial charge in [0.15, 0.2) is 0 Å². The molecule has 0 radical (unpaired) electrons. The Morgan fingerprint density at radius 2 is 1.93 bits per heavy atom. The molecule has 0 spiro atoms. The first-order valence-electron chi connectivity index (χ1n) is 5.53. The highest BCUT2D eigenvalue weighted by atomic mass is 35.5. The summed E-state index contributed by atoms with van der Waals surface area (Å²) in [5.41, 5.74) is 1.74.